The summed E-state index contributed by atoms with van der Waals surface area (Å²) in [5.74, 6) is 0. The monoisotopic (exact) mass is 368 g/mol. The lowest BCUT2D eigenvalue weighted by Crippen LogP contribution is -2.02. The zero-order valence-corrected chi connectivity index (χ0v) is 14.6. The van der Waals surface area contributed by atoms with Crippen molar-refractivity contribution in [3.8, 4) is 0 Å². The first-order valence-corrected chi connectivity index (χ1v) is 9.71. The van der Waals surface area contributed by atoms with Gasteiger partial charge < -0.3 is 0 Å². The van der Waals surface area contributed by atoms with E-state index in [0.29, 0.717) is 11.1 Å². The van der Waals surface area contributed by atoms with Crippen LogP contribution in [0, 0.1) is 13.8 Å². The minimum absolute atomic E-state index is 0.199. The third kappa shape index (κ3) is 4.30. The molecule has 0 radical (unpaired) electrons. The van der Waals surface area contributed by atoms with Gasteiger partial charge in [0.15, 0.2) is 0 Å². The van der Waals surface area contributed by atoms with E-state index in [1.807, 2.05) is 0 Å². The molecule has 0 aliphatic carbocycles. The second kappa shape index (κ2) is 6.48. The van der Waals surface area contributed by atoms with Gasteiger partial charge in [-0.3, -0.25) is 9.11 Å². The molecule has 0 unspecified atom stereocenters. The van der Waals surface area contributed by atoms with Crippen molar-refractivity contribution in [2.24, 2.45) is 0 Å². The van der Waals surface area contributed by atoms with Crippen LogP contribution >= 0.6 is 0 Å². The number of benzene rings is 2. The maximum absolute atomic E-state index is 11.5. The molecule has 0 fully saturated rings. The fourth-order valence-electron chi connectivity index (χ4n) is 2.18. The average molecular weight is 368 g/mol. The molecule has 0 aliphatic heterocycles. The van der Waals surface area contributed by atoms with Gasteiger partial charge in [0.05, 0.1) is 0 Å². The maximum Gasteiger partial charge on any atom is 0.295 e. The minimum Gasteiger partial charge on any atom is -0.282 e. The van der Waals surface area contributed by atoms with Crippen LogP contribution in [0.5, 0.6) is 0 Å². The lowest BCUT2D eigenvalue weighted by Gasteiger charge is -2.06. The van der Waals surface area contributed by atoms with Gasteiger partial charge in [0, 0.05) is 0 Å². The molecule has 128 valence electrons. The molecule has 2 aromatic carbocycles. The summed E-state index contributed by atoms with van der Waals surface area (Å²) in [7, 11) is -8.85. The van der Waals surface area contributed by atoms with Crippen molar-refractivity contribution in [2.45, 2.75) is 23.6 Å². The van der Waals surface area contributed by atoms with Crippen LogP contribution in [0.25, 0.3) is 12.2 Å². The van der Waals surface area contributed by atoms with Crippen LogP contribution in [0.4, 0.5) is 0 Å². The summed E-state index contributed by atoms with van der Waals surface area (Å²) in [6, 6.07) is 8.94. The van der Waals surface area contributed by atoms with Crippen molar-refractivity contribution < 1.29 is 25.9 Å². The van der Waals surface area contributed by atoms with Crippen LogP contribution in [0.15, 0.2) is 46.2 Å². The van der Waals surface area contributed by atoms with E-state index in [9.17, 15) is 25.9 Å². The third-order valence-corrected chi connectivity index (χ3v) is 5.16. The lowest BCUT2D eigenvalue weighted by molar-refractivity contribution is 0.480. The third-order valence-electron chi connectivity index (χ3n) is 3.34. The van der Waals surface area contributed by atoms with Gasteiger partial charge in [0.25, 0.3) is 20.2 Å². The number of hydrogen-bond donors (Lipinski definition) is 2. The largest absolute Gasteiger partial charge is 0.295 e. The van der Waals surface area contributed by atoms with Crippen LogP contribution < -0.4 is 0 Å². The Morgan fingerprint density at radius 3 is 1.33 bits per heavy atom. The molecule has 2 N–H and O–H groups in total. The molecular weight excluding hydrogens is 352 g/mol. The van der Waals surface area contributed by atoms with Gasteiger partial charge in [-0.25, -0.2) is 0 Å². The minimum atomic E-state index is -4.42. The Labute approximate surface area is 141 Å². The van der Waals surface area contributed by atoms with Crippen molar-refractivity contribution in [2.75, 3.05) is 0 Å². The molecule has 0 aromatic heterocycles. The molecule has 0 saturated heterocycles. The highest BCUT2D eigenvalue weighted by Crippen LogP contribution is 2.23. The molecule has 0 spiro atoms. The summed E-state index contributed by atoms with van der Waals surface area (Å²) in [5.41, 5.74) is 1.69. The predicted octanol–water partition coefficient (Wildman–Crippen LogP) is 2.97. The molecule has 24 heavy (non-hydrogen) atoms. The highest BCUT2D eigenvalue weighted by Gasteiger charge is 2.16. The molecule has 6 nitrogen and oxygen atoms in total. The Hall–Kier alpha value is -2.00. The van der Waals surface area contributed by atoms with Gasteiger partial charge in [0.1, 0.15) is 9.79 Å². The Morgan fingerprint density at radius 1 is 0.708 bits per heavy atom. The van der Waals surface area contributed by atoms with Crippen LogP contribution in [0.2, 0.25) is 0 Å². The molecule has 8 heteroatoms. The van der Waals surface area contributed by atoms with Crippen molar-refractivity contribution in [1.29, 1.82) is 0 Å². The zero-order chi connectivity index (χ0) is 18.1. The van der Waals surface area contributed by atoms with E-state index in [1.54, 1.807) is 26.0 Å². The summed E-state index contributed by atoms with van der Waals surface area (Å²) in [4.78, 5) is -0.557. The molecule has 0 saturated carbocycles. The van der Waals surface area contributed by atoms with E-state index in [2.05, 4.69) is 0 Å². The molecule has 0 heterocycles. The summed E-state index contributed by atoms with van der Waals surface area (Å²) in [6.45, 7) is 3.36. The number of hydrogen-bond acceptors (Lipinski definition) is 4. The van der Waals surface area contributed by atoms with Gasteiger partial charge in [-0.2, -0.15) is 16.8 Å². The van der Waals surface area contributed by atoms with Crippen molar-refractivity contribution in [3.63, 3.8) is 0 Å². The maximum atomic E-state index is 11.5. The summed E-state index contributed by atoms with van der Waals surface area (Å²) in [6.07, 6.45) is 2.73. The van der Waals surface area contributed by atoms with E-state index in [0.717, 1.165) is 0 Å². The van der Waals surface area contributed by atoms with E-state index >= 15 is 0 Å². The van der Waals surface area contributed by atoms with Gasteiger partial charge in [0.2, 0.25) is 0 Å². The predicted molar refractivity (Wildman–Crippen MR) is 90.9 cm³/mol. The molecule has 0 amide bonds. The summed E-state index contributed by atoms with van der Waals surface area (Å²) < 4.78 is 64.5. The van der Waals surface area contributed by atoms with Crippen LogP contribution in [-0.2, 0) is 20.2 Å². The standard InChI is InChI=1S/C16H16O6S2/c1-11-3-5-13(15(9-11)23(17,18)19)7-8-14-6-4-12(2)10-16(14)24(20,21)22/h3-10H,1-2H3,(H,17,18,19)(H,20,21,22). The number of aryl methyl sites for hydroxylation is 2. The van der Waals surface area contributed by atoms with E-state index in [-0.39, 0.29) is 20.9 Å². The van der Waals surface area contributed by atoms with Gasteiger partial charge in [-0.05, 0) is 48.2 Å². The van der Waals surface area contributed by atoms with E-state index < -0.39 is 20.2 Å². The first-order valence-electron chi connectivity index (χ1n) is 6.83. The van der Waals surface area contributed by atoms with E-state index in [1.165, 1.54) is 36.4 Å². The molecular formula is C16H16O6S2. The smallest absolute Gasteiger partial charge is 0.282 e. The Balaban J connectivity index is 2.59. The topological polar surface area (TPSA) is 109 Å². The quantitative estimate of drug-likeness (QED) is 0.634. The first-order chi connectivity index (χ1) is 11.0. The molecule has 0 bridgehead atoms. The van der Waals surface area contributed by atoms with Crippen molar-refractivity contribution in [1.82, 2.24) is 0 Å². The Bertz CT molecular complexity index is 935. The second-order valence-corrected chi connectivity index (χ2v) is 8.15. The normalized spacial score (nSPS) is 12.7. The molecule has 0 atom stereocenters. The molecule has 2 aromatic rings. The summed E-state index contributed by atoms with van der Waals surface area (Å²) in [5, 5.41) is 0. The van der Waals surface area contributed by atoms with Crippen LogP contribution in [0.3, 0.4) is 0 Å². The highest BCUT2D eigenvalue weighted by atomic mass is 32.2. The average Bonchev–Trinajstić information content (AvgIpc) is 2.45. The Morgan fingerprint density at radius 2 is 1.04 bits per heavy atom. The Kier molecular flexibility index (Phi) is 4.95. The number of rotatable bonds is 4. The fraction of sp³-hybridized carbons (Fsp3) is 0.125. The SMILES string of the molecule is Cc1ccc(C=Cc2ccc(C)cc2S(=O)(=O)O)c(S(=O)(=O)O)c1. The van der Waals surface area contributed by atoms with Crippen molar-refractivity contribution in [3.05, 3.63) is 58.7 Å². The second-order valence-electron chi connectivity index (χ2n) is 5.37. The van der Waals surface area contributed by atoms with Gasteiger partial charge in [-0.1, -0.05) is 36.4 Å². The molecule has 2 rings (SSSR count). The van der Waals surface area contributed by atoms with Crippen LogP contribution in [-0.4, -0.2) is 25.9 Å². The molecule has 0 aliphatic rings. The van der Waals surface area contributed by atoms with E-state index in [4.69, 9.17) is 0 Å². The van der Waals surface area contributed by atoms with Crippen LogP contribution in [0.1, 0.15) is 22.3 Å². The lowest BCUT2D eigenvalue weighted by atomic mass is 10.1. The van der Waals surface area contributed by atoms with Gasteiger partial charge >= 0.3 is 0 Å². The summed E-state index contributed by atoms with van der Waals surface area (Å²) >= 11 is 0. The van der Waals surface area contributed by atoms with Crippen molar-refractivity contribution >= 4 is 32.4 Å². The first kappa shape index (κ1) is 18.3. The van der Waals surface area contributed by atoms with Gasteiger partial charge in [-0.15, -0.1) is 0 Å². The zero-order valence-electron chi connectivity index (χ0n) is 13.0. The highest BCUT2D eigenvalue weighted by molar-refractivity contribution is 7.86. The fourth-order valence-corrected chi connectivity index (χ4v) is 3.72.